The minimum absolute atomic E-state index is 0.00643. The van der Waals surface area contributed by atoms with Gasteiger partial charge in [-0.15, -0.1) is 16.7 Å². The van der Waals surface area contributed by atoms with Crippen molar-refractivity contribution in [3.05, 3.63) is 23.5 Å². The van der Waals surface area contributed by atoms with Crippen molar-refractivity contribution in [1.29, 1.82) is 0 Å². The van der Waals surface area contributed by atoms with Crippen molar-refractivity contribution in [3.63, 3.8) is 0 Å². The zero-order chi connectivity index (χ0) is 52.0. The van der Waals surface area contributed by atoms with E-state index in [9.17, 15) is 86.8 Å². The lowest BCUT2D eigenvalue weighted by Gasteiger charge is -2.48. The number of halogens is 1. The summed E-state index contributed by atoms with van der Waals surface area (Å²) >= 11 is 6.02. The van der Waals surface area contributed by atoms with Crippen LogP contribution in [0.2, 0.25) is 0 Å². The molecule has 1 aliphatic carbocycles. The Kier molecular flexibility index (Phi) is 18.8. The number of ether oxygens (including phenoxy) is 9. The van der Waals surface area contributed by atoms with Crippen molar-refractivity contribution in [2.24, 2.45) is 0 Å². The van der Waals surface area contributed by atoms with Crippen molar-refractivity contribution in [2.45, 2.75) is 197 Å². The highest BCUT2D eigenvalue weighted by Gasteiger charge is 2.57. The number of hydrogen-bond donors (Lipinski definition) is 18. The predicted molar refractivity (Wildman–Crippen MR) is 224 cm³/mol. The van der Waals surface area contributed by atoms with Gasteiger partial charge < -0.3 is 135 Å². The summed E-state index contributed by atoms with van der Waals surface area (Å²) in [7, 11) is 0. The first kappa shape index (κ1) is 56.8. The van der Waals surface area contributed by atoms with E-state index in [4.69, 9.17) is 54.2 Å². The maximum Gasteiger partial charge on any atom is 0.197 e. The Morgan fingerprint density at radius 1 is 0.648 bits per heavy atom. The molecule has 0 spiro atoms. The largest absolute Gasteiger partial charge is 0.394 e. The lowest BCUT2D eigenvalue weighted by atomic mass is 9.86. The Morgan fingerprint density at radius 3 is 1.80 bits per heavy atom. The molecule has 31 heteroatoms. The smallest absolute Gasteiger partial charge is 0.197 e. The highest BCUT2D eigenvalue weighted by atomic mass is 35.5. The molecule has 1 aromatic heterocycles. The van der Waals surface area contributed by atoms with Gasteiger partial charge in [0, 0.05) is 0 Å². The molecule has 71 heavy (non-hydrogen) atoms. The summed E-state index contributed by atoms with van der Waals surface area (Å²) in [6.45, 7) is -0.995. The highest BCUT2D eigenvalue weighted by molar-refractivity contribution is 6.21. The number of rotatable bonds is 17. The molecule has 0 bridgehead atoms. The van der Waals surface area contributed by atoms with E-state index in [0.717, 1.165) is 0 Å². The van der Waals surface area contributed by atoms with E-state index in [-0.39, 0.29) is 17.8 Å². The van der Waals surface area contributed by atoms with Crippen molar-refractivity contribution in [2.75, 3.05) is 26.4 Å². The average molecular weight is 1050 g/mol. The molecule has 28 atom stereocenters. The molecule has 0 radical (unpaired) electrons. The number of nitrogens with zero attached hydrogens (tertiary/aromatic N) is 3. The fourth-order valence-electron chi connectivity index (χ4n) is 9.35. The number of aliphatic hydroxyl groups excluding tert-OH is 17. The van der Waals surface area contributed by atoms with Crippen molar-refractivity contribution >= 4 is 11.6 Å². The lowest BCUT2D eigenvalue weighted by molar-refractivity contribution is -0.376. The van der Waals surface area contributed by atoms with Crippen LogP contribution < -0.4 is 5.32 Å². The van der Waals surface area contributed by atoms with Crippen LogP contribution in [0.5, 0.6) is 0 Å². The molecule has 7 rings (SSSR count). The Labute approximate surface area is 408 Å². The van der Waals surface area contributed by atoms with E-state index in [1.165, 1.54) is 30.8 Å². The summed E-state index contributed by atoms with van der Waals surface area (Å²) in [5.74, 6) is -2.00. The van der Waals surface area contributed by atoms with Crippen LogP contribution in [-0.4, -0.2) is 299 Å². The molecule has 0 aromatic carbocycles. The molecule has 5 aliphatic heterocycles. The van der Waals surface area contributed by atoms with E-state index >= 15 is 0 Å². The van der Waals surface area contributed by atoms with Crippen LogP contribution in [0.4, 0.5) is 0 Å². The van der Waals surface area contributed by atoms with Gasteiger partial charge >= 0.3 is 0 Å². The van der Waals surface area contributed by atoms with Gasteiger partial charge in [0.15, 0.2) is 30.9 Å². The van der Waals surface area contributed by atoms with Crippen LogP contribution in [0.1, 0.15) is 19.5 Å². The average Bonchev–Trinajstić information content (AvgIpc) is 3.89. The molecule has 15 unspecified atom stereocenters. The monoisotopic (exact) mass is 1050 g/mol. The van der Waals surface area contributed by atoms with E-state index in [1.54, 1.807) is 0 Å². The summed E-state index contributed by atoms with van der Waals surface area (Å²) in [6, 6.07) is -2.27. The number of aliphatic hydroxyl groups is 17. The lowest BCUT2D eigenvalue weighted by Crippen LogP contribution is -2.68. The Hall–Kier alpha value is -1.91. The second kappa shape index (κ2) is 23.5. The topological polar surface area (TPSA) is 470 Å². The van der Waals surface area contributed by atoms with Gasteiger partial charge in [-0.25, -0.2) is 4.68 Å². The van der Waals surface area contributed by atoms with Gasteiger partial charge in [0.2, 0.25) is 0 Å². The van der Waals surface area contributed by atoms with Gasteiger partial charge in [-0.2, -0.15) is 0 Å². The predicted octanol–water partition coefficient (Wildman–Crippen LogP) is -10.8. The first-order chi connectivity index (χ1) is 33.6. The van der Waals surface area contributed by atoms with E-state index in [1.807, 2.05) is 0 Å². The third kappa shape index (κ3) is 11.6. The fraction of sp³-hybridized carbons (Fsp3) is 0.900. The first-order valence-electron chi connectivity index (χ1n) is 22.8. The van der Waals surface area contributed by atoms with E-state index < -0.39 is 204 Å². The second-order valence-electron chi connectivity index (χ2n) is 18.5. The molecule has 18 N–H and O–H groups in total. The molecule has 0 saturated carbocycles. The molecule has 1 aromatic rings. The van der Waals surface area contributed by atoms with Crippen LogP contribution >= 0.6 is 11.6 Å². The third-order valence-electron chi connectivity index (χ3n) is 13.6. The van der Waals surface area contributed by atoms with Crippen molar-refractivity contribution in [3.8, 4) is 0 Å². The molecule has 0 amide bonds. The SMILES string of the molecule is CC1OC(OC2C(CO)OC(OC3C(CO)OC(OCc4cn(C[C@H]5O[C@@](C)(O[C@H]6O[C@H](CO)[C@H](Cl)[C@H](O)[C@H]6O)[C@@H](O)[C@@H]5O)nn4)C(O)C3O)C(O)C2O)C(O)C(O)C1N[C@H]1C=C(CO)[C@@H](O)[C@H](O)[C@H]1O. The van der Waals surface area contributed by atoms with Crippen molar-refractivity contribution < 1.29 is 129 Å². The quantitative estimate of drug-likeness (QED) is 0.0509. The fourth-order valence-corrected chi connectivity index (χ4v) is 9.64. The molecular weight excluding hydrogens is 988 g/mol. The maximum atomic E-state index is 11.2. The Balaban J connectivity index is 0.907. The van der Waals surface area contributed by atoms with Gasteiger partial charge in [0.25, 0.3) is 0 Å². The van der Waals surface area contributed by atoms with Gasteiger partial charge in [-0.1, -0.05) is 11.3 Å². The zero-order valence-electron chi connectivity index (χ0n) is 38.0. The molecule has 5 fully saturated rings. The summed E-state index contributed by atoms with van der Waals surface area (Å²) in [5, 5.41) is 189. The van der Waals surface area contributed by atoms with E-state index in [0.29, 0.717) is 0 Å². The molecule has 5 saturated heterocycles. The van der Waals surface area contributed by atoms with Gasteiger partial charge in [-0.3, -0.25) is 0 Å². The van der Waals surface area contributed by atoms with Crippen LogP contribution in [0, 0.1) is 0 Å². The van der Waals surface area contributed by atoms with Gasteiger partial charge in [0.05, 0.1) is 69.3 Å². The number of aromatic nitrogens is 3. The standard InChI is InChI=1S/C40H65ClN4O26/c1-11-20(42-14-3-12(6-46)21(50)26(55)22(14)51)25(54)30(59)37(64-11)68-34-18(9-49)67-38(32(61)28(34)57)69-33-17(8-48)66-36(31(60)27(33)56)63-10-13-4-45(44-43-13)5-15-23(52)35(62)40(2,70-15)71-39-29(58)24(53)19(41)16(7-47)65-39/h3-4,11,14-39,42,46-62H,5-10H2,1-2H3/t11?,14-,15+,16+,17?,18?,19-,20?,21+,22-,23+,24-,25?,26-,27?,28?,29+,30?,31?,32?,33?,34?,35-,36?,37?,38?,39+,40-/m0/s1. The third-order valence-corrected chi connectivity index (χ3v) is 14.1. The van der Waals surface area contributed by atoms with Crippen LogP contribution in [-0.2, 0) is 55.8 Å². The minimum atomic E-state index is -2.03. The number of hydrogen-bond acceptors (Lipinski definition) is 29. The van der Waals surface area contributed by atoms with E-state index in [2.05, 4.69) is 15.6 Å². The van der Waals surface area contributed by atoms with Crippen LogP contribution in [0.25, 0.3) is 0 Å². The number of alkyl halides is 1. The normalized spacial score (nSPS) is 49.7. The molecule has 6 aliphatic rings. The summed E-state index contributed by atoms with van der Waals surface area (Å²) in [6.07, 6.45) is -36.9. The van der Waals surface area contributed by atoms with Gasteiger partial charge in [-0.05, 0) is 19.4 Å². The van der Waals surface area contributed by atoms with Crippen molar-refractivity contribution in [1.82, 2.24) is 20.3 Å². The zero-order valence-corrected chi connectivity index (χ0v) is 38.7. The number of nitrogens with one attached hydrogen (secondary N) is 1. The summed E-state index contributed by atoms with van der Waals surface area (Å²) < 4.78 is 52.5. The second-order valence-corrected chi connectivity index (χ2v) is 19.0. The van der Waals surface area contributed by atoms with Crippen LogP contribution in [0.15, 0.2) is 17.8 Å². The van der Waals surface area contributed by atoms with Gasteiger partial charge in [0.1, 0.15) is 122 Å². The maximum absolute atomic E-state index is 11.2. The summed E-state index contributed by atoms with van der Waals surface area (Å²) in [4.78, 5) is 0. The summed E-state index contributed by atoms with van der Waals surface area (Å²) in [5.41, 5.74) is 0.107. The Bertz CT molecular complexity index is 1900. The Morgan fingerprint density at radius 2 is 1.20 bits per heavy atom. The molecule has 30 nitrogen and oxygen atoms in total. The molecular formula is C40H65ClN4O26. The molecule has 408 valence electrons. The molecule has 6 heterocycles. The van der Waals surface area contributed by atoms with Crippen LogP contribution in [0.3, 0.4) is 0 Å². The highest BCUT2D eigenvalue weighted by Crippen LogP contribution is 2.38. The first-order valence-corrected chi connectivity index (χ1v) is 23.2. The minimum Gasteiger partial charge on any atom is -0.394 e.